The van der Waals surface area contributed by atoms with Gasteiger partial charge in [-0.3, -0.25) is 0 Å². The van der Waals surface area contributed by atoms with E-state index in [-0.39, 0.29) is 0 Å². The standard InChI is InChI=1S/C18H28N4O/c19-18(22-15-6-2-1-3-7-15)21-13-14-10-11-17(20-12-14)23-16-8-4-5-9-16/h10-12,15-16H,1-9,13H2,(H3,19,21,22). The van der Waals surface area contributed by atoms with Gasteiger partial charge in [0.15, 0.2) is 5.96 Å². The highest BCUT2D eigenvalue weighted by Gasteiger charge is 2.17. The Bertz CT molecular complexity index is 502. The fraction of sp³-hybridized carbons (Fsp3) is 0.667. The number of nitrogens with one attached hydrogen (secondary N) is 1. The van der Waals surface area contributed by atoms with E-state index in [4.69, 9.17) is 10.5 Å². The summed E-state index contributed by atoms with van der Waals surface area (Å²) in [6, 6.07) is 4.45. The van der Waals surface area contributed by atoms with Gasteiger partial charge in [0.2, 0.25) is 5.88 Å². The van der Waals surface area contributed by atoms with Gasteiger partial charge in [-0.15, -0.1) is 0 Å². The van der Waals surface area contributed by atoms with Crippen molar-refractivity contribution >= 4 is 5.96 Å². The topological polar surface area (TPSA) is 72.5 Å². The lowest BCUT2D eigenvalue weighted by Gasteiger charge is -2.23. The van der Waals surface area contributed by atoms with Crippen molar-refractivity contribution in [3.63, 3.8) is 0 Å². The number of rotatable bonds is 5. The highest BCUT2D eigenvalue weighted by atomic mass is 16.5. The van der Waals surface area contributed by atoms with E-state index in [0.29, 0.717) is 24.7 Å². The predicted molar refractivity (Wildman–Crippen MR) is 92.5 cm³/mol. The van der Waals surface area contributed by atoms with Crippen LogP contribution >= 0.6 is 0 Å². The number of ether oxygens (including phenoxy) is 1. The molecule has 126 valence electrons. The molecule has 0 atom stereocenters. The maximum Gasteiger partial charge on any atom is 0.213 e. The van der Waals surface area contributed by atoms with E-state index in [9.17, 15) is 0 Å². The molecule has 23 heavy (non-hydrogen) atoms. The van der Waals surface area contributed by atoms with Gasteiger partial charge < -0.3 is 15.8 Å². The Kier molecular flexibility index (Phi) is 5.72. The maximum atomic E-state index is 5.98. The zero-order chi connectivity index (χ0) is 15.9. The van der Waals surface area contributed by atoms with Crippen molar-refractivity contribution < 1.29 is 4.74 Å². The first kappa shape index (κ1) is 16.1. The Morgan fingerprint density at radius 3 is 2.57 bits per heavy atom. The van der Waals surface area contributed by atoms with E-state index < -0.39 is 0 Å². The van der Waals surface area contributed by atoms with E-state index in [1.54, 1.807) is 0 Å². The van der Waals surface area contributed by atoms with Crippen LogP contribution in [0.2, 0.25) is 0 Å². The van der Waals surface area contributed by atoms with Gasteiger partial charge in [-0.1, -0.05) is 25.3 Å². The van der Waals surface area contributed by atoms with Gasteiger partial charge in [0.05, 0.1) is 6.54 Å². The van der Waals surface area contributed by atoms with Crippen LogP contribution in [0, 0.1) is 0 Å². The summed E-state index contributed by atoms with van der Waals surface area (Å²) in [4.78, 5) is 8.81. The van der Waals surface area contributed by atoms with E-state index in [1.165, 1.54) is 44.9 Å². The van der Waals surface area contributed by atoms with E-state index in [1.807, 2.05) is 18.3 Å². The van der Waals surface area contributed by atoms with Gasteiger partial charge in [-0.05, 0) is 44.1 Å². The quantitative estimate of drug-likeness (QED) is 0.646. The number of guanidine groups is 1. The second-order valence-electron chi connectivity index (χ2n) is 6.71. The summed E-state index contributed by atoms with van der Waals surface area (Å²) in [7, 11) is 0. The molecule has 1 aromatic heterocycles. The molecule has 0 aromatic carbocycles. The molecule has 3 N–H and O–H groups in total. The van der Waals surface area contributed by atoms with Gasteiger partial charge in [0.25, 0.3) is 0 Å². The number of hydrogen-bond donors (Lipinski definition) is 2. The molecule has 0 unspecified atom stereocenters. The second kappa shape index (κ2) is 8.18. The molecule has 2 saturated carbocycles. The number of nitrogens with zero attached hydrogens (tertiary/aromatic N) is 2. The van der Waals surface area contributed by atoms with Gasteiger partial charge in [0, 0.05) is 18.3 Å². The van der Waals surface area contributed by atoms with Crippen molar-refractivity contribution in [3.05, 3.63) is 23.9 Å². The van der Waals surface area contributed by atoms with Crippen LogP contribution in [0.25, 0.3) is 0 Å². The molecule has 5 nitrogen and oxygen atoms in total. The summed E-state index contributed by atoms with van der Waals surface area (Å²) in [6.45, 7) is 0.558. The normalized spacial score (nSPS) is 20.6. The molecule has 0 spiro atoms. The third kappa shape index (κ3) is 5.12. The molecule has 3 rings (SSSR count). The zero-order valence-corrected chi connectivity index (χ0v) is 13.8. The number of pyridine rings is 1. The molecule has 0 bridgehead atoms. The van der Waals surface area contributed by atoms with Crippen LogP contribution in [-0.4, -0.2) is 23.1 Å². The highest BCUT2D eigenvalue weighted by Crippen LogP contribution is 2.23. The first-order chi connectivity index (χ1) is 11.3. The summed E-state index contributed by atoms with van der Waals surface area (Å²) in [5.41, 5.74) is 7.04. The second-order valence-corrected chi connectivity index (χ2v) is 6.71. The SMILES string of the molecule is NC(=NCc1ccc(OC2CCCC2)nc1)NC1CCCCC1. The van der Waals surface area contributed by atoms with Crippen molar-refractivity contribution in [2.75, 3.05) is 0 Å². The van der Waals surface area contributed by atoms with Crippen molar-refractivity contribution in [3.8, 4) is 5.88 Å². The molecular weight excluding hydrogens is 288 g/mol. The summed E-state index contributed by atoms with van der Waals surface area (Å²) in [6.07, 6.45) is 13.3. The third-order valence-electron chi connectivity index (χ3n) is 4.78. The van der Waals surface area contributed by atoms with Crippen LogP contribution in [0.4, 0.5) is 0 Å². The number of hydrogen-bond acceptors (Lipinski definition) is 3. The number of aliphatic imine (C=N–C) groups is 1. The minimum absolute atomic E-state index is 0.349. The molecule has 5 heteroatoms. The Morgan fingerprint density at radius 2 is 1.87 bits per heavy atom. The molecule has 1 aromatic rings. The molecule has 0 aliphatic heterocycles. The lowest BCUT2D eigenvalue weighted by molar-refractivity contribution is 0.201. The average Bonchev–Trinajstić information content (AvgIpc) is 3.08. The lowest BCUT2D eigenvalue weighted by Crippen LogP contribution is -2.41. The zero-order valence-electron chi connectivity index (χ0n) is 13.8. The molecule has 2 aliphatic rings. The average molecular weight is 316 g/mol. The predicted octanol–water partition coefficient (Wildman–Crippen LogP) is 3.14. The molecular formula is C18H28N4O. The Labute approximate surface area is 138 Å². The first-order valence-corrected chi connectivity index (χ1v) is 8.97. The Morgan fingerprint density at radius 1 is 1.13 bits per heavy atom. The van der Waals surface area contributed by atoms with Crippen LogP contribution < -0.4 is 15.8 Å². The summed E-state index contributed by atoms with van der Waals surface area (Å²) in [5.74, 6) is 1.26. The van der Waals surface area contributed by atoms with Crippen molar-refractivity contribution in [2.45, 2.75) is 76.5 Å². The molecule has 0 amide bonds. The summed E-state index contributed by atoms with van der Waals surface area (Å²) >= 11 is 0. The van der Waals surface area contributed by atoms with Gasteiger partial charge >= 0.3 is 0 Å². The van der Waals surface area contributed by atoms with Crippen LogP contribution in [0.15, 0.2) is 23.3 Å². The van der Waals surface area contributed by atoms with Gasteiger partial charge in [-0.2, -0.15) is 0 Å². The van der Waals surface area contributed by atoms with E-state index in [0.717, 1.165) is 24.3 Å². The smallest absolute Gasteiger partial charge is 0.213 e. The Balaban J connectivity index is 1.46. The largest absolute Gasteiger partial charge is 0.474 e. The molecule has 0 radical (unpaired) electrons. The maximum absolute atomic E-state index is 5.98. The van der Waals surface area contributed by atoms with Crippen LogP contribution in [-0.2, 0) is 6.54 Å². The van der Waals surface area contributed by atoms with Crippen LogP contribution in [0.1, 0.15) is 63.4 Å². The van der Waals surface area contributed by atoms with Crippen molar-refractivity contribution in [2.24, 2.45) is 10.7 Å². The van der Waals surface area contributed by atoms with Crippen molar-refractivity contribution in [1.82, 2.24) is 10.3 Å². The molecule has 1 heterocycles. The number of aromatic nitrogens is 1. The van der Waals surface area contributed by atoms with E-state index >= 15 is 0 Å². The van der Waals surface area contributed by atoms with Crippen molar-refractivity contribution in [1.29, 1.82) is 0 Å². The monoisotopic (exact) mass is 316 g/mol. The molecule has 2 aliphatic carbocycles. The van der Waals surface area contributed by atoms with E-state index in [2.05, 4.69) is 15.3 Å². The lowest BCUT2D eigenvalue weighted by atomic mass is 9.96. The van der Waals surface area contributed by atoms with Crippen LogP contribution in [0.5, 0.6) is 5.88 Å². The van der Waals surface area contributed by atoms with Gasteiger partial charge in [-0.25, -0.2) is 9.98 Å². The summed E-state index contributed by atoms with van der Waals surface area (Å²) in [5, 5.41) is 3.33. The minimum Gasteiger partial charge on any atom is -0.474 e. The minimum atomic E-state index is 0.349. The number of nitrogens with two attached hydrogens (primary N) is 1. The fourth-order valence-electron chi connectivity index (χ4n) is 3.43. The van der Waals surface area contributed by atoms with Crippen LogP contribution in [0.3, 0.4) is 0 Å². The molecule has 0 saturated heterocycles. The fourth-order valence-corrected chi connectivity index (χ4v) is 3.43. The first-order valence-electron chi connectivity index (χ1n) is 8.97. The summed E-state index contributed by atoms with van der Waals surface area (Å²) < 4.78 is 5.87. The van der Waals surface area contributed by atoms with Gasteiger partial charge in [0.1, 0.15) is 6.10 Å². The Hall–Kier alpha value is -1.78. The highest BCUT2D eigenvalue weighted by molar-refractivity contribution is 5.78. The molecule has 2 fully saturated rings. The third-order valence-corrected chi connectivity index (χ3v) is 4.78.